The number of carboxylic acids is 1. The number of nitrogens with zero attached hydrogens (tertiary/aromatic N) is 1. The number of carbonyl (C=O) groups excluding carboxylic acids is 1. The van der Waals surface area contributed by atoms with Crippen molar-refractivity contribution in [2.24, 2.45) is 11.7 Å². The summed E-state index contributed by atoms with van der Waals surface area (Å²) in [7, 11) is 0. The van der Waals surface area contributed by atoms with Gasteiger partial charge in [-0.15, -0.1) is 0 Å². The van der Waals surface area contributed by atoms with Crippen LogP contribution in [0.2, 0.25) is 0 Å². The number of likely N-dealkylation sites (tertiary alicyclic amines) is 1. The van der Waals surface area contributed by atoms with Crippen molar-refractivity contribution in [3.8, 4) is 0 Å². The monoisotopic (exact) mass is 228 g/mol. The molecule has 2 rings (SSSR count). The van der Waals surface area contributed by atoms with Crippen LogP contribution in [-0.4, -0.2) is 53.7 Å². The number of rotatable bonds is 3. The van der Waals surface area contributed by atoms with E-state index in [1.807, 2.05) is 0 Å². The molecule has 0 aromatic carbocycles. The lowest BCUT2D eigenvalue weighted by Crippen LogP contribution is -2.55. The first-order valence-corrected chi connectivity index (χ1v) is 5.49. The van der Waals surface area contributed by atoms with Gasteiger partial charge in [-0.2, -0.15) is 0 Å². The Morgan fingerprint density at radius 2 is 2.06 bits per heavy atom. The van der Waals surface area contributed by atoms with Crippen LogP contribution in [0.15, 0.2) is 0 Å². The molecule has 2 aliphatic heterocycles. The van der Waals surface area contributed by atoms with Crippen molar-refractivity contribution in [2.45, 2.75) is 25.0 Å². The highest BCUT2D eigenvalue weighted by Gasteiger charge is 2.40. The molecule has 2 heterocycles. The zero-order valence-electron chi connectivity index (χ0n) is 8.96. The molecule has 6 nitrogen and oxygen atoms in total. The molecule has 90 valence electrons. The van der Waals surface area contributed by atoms with E-state index in [9.17, 15) is 9.59 Å². The minimum absolute atomic E-state index is 0.0227. The van der Waals surface area contributed by atoms with Crippen molar-refractivity contribution in [1.82, 2.24) is 4.90 Å². The lowest BCUT2D eigenvalue weighted by molar-refractivity contribution is -0.158. The van der Waals surface area contributed by atoms with Gasteiger partial charge in [0.2, 0.25) is 0 Å². The average Bonchev–Trinajstić information content (AvgIpc) is 2.62. The molecule has 6 heteroatoms. The maximum atomic E-state index is 11.8. The second-order valence-corrected chi connectivity index (χ2v) is 4.34. The second-order valence-electron chi connectivity index (χ2n) is 4.34. The molecule has 1 amide bonds. The van der Waals surface area contributed by atoms with Crippen LogP contribution in [0.1, 0.15) is 12.8 Å². The maximum absolute atomic E-state index is 11.8. The van der Waals surface area contributed by atoms with Gasteiger partial charge in [-0.05, 0) is 12.8 Å². The largest absolute Gasteiger partial charge is 0.481 e. The minimum Gasteiger partial charge on any atom is -0.481 e. The number of carbonyl (C=O) groups is 2. The summed E-state index contributed by atoms with van der Waals surface area (Å²) in [6.07, 6.45) is 1.06. The van der Waals surface area contributed by atoms with Gasteiger partial charge in [-0.25, -0.2) is 0 Å². The summed E-state index contributed by atoms with van der Waals surface area (Å²) in [4.78, 5) is 24.0. The molecule has 2 fully saturated rings. The first-order valence-electron chi connectivity index (χ1n) is 5.49. The van der Waals surface area contributed by atoms with Crippen LogP contribution in [-0.2, 0) is 14.3 Å². The Labute approximate surface area is 93.3 Å². The topological polar surface area (TPSA) is 92.9 Å². The van der Waals surface area contributed by atoms with Gasteiger partial charge in [-0.1, -0.05) is 0 Å². The number of hydrogen-bond donors (Lipinski definition) is 2. The van der Waals surface area contributed by atoms with Crippen LogP contribution in [0.25, 0.3) is 0 Å². The Balaban J connectivity index is 1.80. The maximum Gasteiger partial charge on any atom is 0.310 e. The summed E-state index contributed by atoms with van der Waals surface area (Å²) in [6, 6.07) is 0. The number of hydrogen-bond acceptors (Lipinski definition) is 4. The van der Waals surface area contributed by atoms with Gasteiger partial charge in [-0.3, -0.25) is 9.59 Å². The fourth-order valence-corrected chi connectivity index (χ4v) is 2.08. The van der Waals surface area contributed by atoms with Gasteiger partial charge in [0, 0.05) is 19.6 Å². The van der Waals surface area contributed by atoms with E-state index in [0.717, 1.165) is 6.42 Å². The van der Waals surface area contributed by atoms with Crippen molar-refractivity contribution >= 4 is 11.9 Å². The summed E-state index contributed by atoms with van der Waals surface area (Å²) in [5.74, 6) is -1.33. The Morgan fingerprint density at radius 3 is 2.56 bits per heavy atom. The fraction of sp³-hybridized carbons (Fsp3) is 0.800. The molecule has 2 unspecified atom stereocenters. The Kier molecular flexibility index (Phi) is 3.11. The summed E-state index contributed by atoms with van der Waals surface area (Å²) in [5, 5.41) is 8.69. The lowest BCUT2D eigenvalue weighted by atomic mass is 9.99. The minimum atomic E-state index is -0.837. The average molecular weight is 228 g/mol. The molecule has 0 spiro atoms. The molecule has 16 heavy (non-hydrogen) atoms. The van der Waals surface area contributed by atoms with E-state index in [1.165, 1.54) is 0 Å². The fourth-order valence-electron chi connectivity index (χ4n) is 2.08. The third kappa shape index (κ3) is 2.03. The van der Waals surface area contributed by atoms with E-state index in [0.29, 0.717) is 26.1 Å². The number of ether oxygens (including phenoxy) is 1. The van der Waals surface area contributed by atoms with Crippen molar-refractivity contribution < 1.29 is 19.4 Å². The molecule has 2 saturated heterocycles. The van der Waals surface area contributed by atoms with E-state index in [4.69, 9.17) is 15.6 Å². The van der Waals surface area contributed by atoms with Crippen molar-refractivity contribution in [1.29, 1.82) is 0 Å². The van der Waals surface area contributed by atoms with Crippen molar-refractivity contribution in [3.63, 3.8) is 0 Å². The highest BCUT2D eigenvalue weighted by molar-refractivity contribution is 5.84. The summed E-state index contributed by atoms with van der Waals surface area (Å²) < 4.78 is 5.46. The normalized spacial score (nSPS) is 30.2. The molecule has 2 aliphatic rings. The van der Waals surface area contributed by atoms with Crippen LogP contribution in [0.4, 0.5) is 0 Å². The number of nitrogens with two attached hydrogens (primary N) is 1. The molecule has 0 saturated carbocycles. The second kappa shape index (κ2) is 4.39. The SMILES string of the molecule is NCC1CCC(C(=O)N2CC(C(=O)O)C2)O1. The van der Waals surface area contributed by atoms with Gasteiger partial charge in [0.05, 0.1) is 12.0 Å². The number of amides is 1. The Bertz CT molecular complexity index is 301. The smallest absolute Gasteiger partial charge is 0.310 e. The van der Waals surface area contributed by atoms with Crippen molar-refractivity contribution in [2.75, 3.05) is 19.6 Å². The van der Waals surface area contributed by atoms with E-state index >= 15 is 0 Å². The van der Waals surface area contributed by atoms with Crippen LogP contribution in [0.5, 0.6) is 0 Å². The van der Waals surface area contributed by atoms with Crippen LogP contribution < -0.4 is 5.73 Å². The van der Waals surface area contributed by atoms with E-state index in [2.05, 4.69) is 0 Å². The van der Waals surface area contributed by atoms with Crippen LogP contribution in [0, 0.1) is 5.92 Å². The molecule has 2 atom stereocenters. The van der Waals surface area contributed by atoms with Gasteiger partial charge in [0.15, 0.2) is 0 Å². The van der Waals surface area contributed by atoms with E-state index in [1.54, 1.807) is 4.90 Å². The van der Waals surface area contributed by atoms with E-state index < -0.39 is 18.0 Å². The number of carboxylic acid groups (broad SMARTS) is 1. The predicted octanol–water partition coefficient (Wildman–Crippen LogP) is -0.964. The highest BCUT2D eigenvalue weighted by Crippen LogP contribution is 2.24. The van der Waals surface area contributed by atoms with E-state index in [-0.39, 0.29) is 12.0 Å². The first kappa shape index (κ1) is 11.3. The summed E-state index contributed by atoms with van der Waals surface area (Å²) in [5.41, 5.74) is 5.45. The molecular formula is C10H16N2O4. The van der Waals surface area contributed by atoms with Gasteiger partial charge < -0.3 is 20.5 Å². The van der Waals surface area contributed by atoms with Gasteiger partial charge >= 0.3 is 5.97 Å². The van der Waals surface area contributed by atoms with Gasteiger partial charge in [0.1, 0.15) is 6.10 Å². The highest BCUT2D eigenvalue weighted by atomic mass is 16.5. The third-order valence-electron chi connectivity index (χ3n) is 3.19. The van der Waals surface area contributed by atoms with Crippen LogP contribution in [0.3, 0.4) is 0 Å². The van der Waals surface area contributed by atoms with Crippen LogP contribution >= 0.6 is 0 Å². The zero-order valence-corrected chi connectivity index (χ0v) is 8.96. The van der Waals surface area contributed by atoms with Gasteiger partial charge in [0.25, 0.3) is 5.91 Å². The summed E-state index contributed by atoms with van der Waals surface area (Å²) in [6.45, 7) is 1.05. The molecule has 0 aromatic rings. The molecule has 0 aromatic heterocycles. The Morgan fingerprint density at radius 1 is 1.38 bits per heavy atom. The predicted molar refractivity (Wildman–Crippen MR) is 54.7 cm³/mol. The summed E-state index contributed by atoms with van der Waals surface area (Å²) >= 11 is 0. The lowest BCUT2D eigenvalue weighted by Gasteiger charge is -2.37. The zero-order chi connectivity index (χ0) is 11.7. The Hall–Kier alpha value is -1.14. The molecule has 3 N–H and O–H groups in total. The standard InChI is InChI=1S/C10H16N2O4/c11-3-7-1-2-8(16-7)9(13)12-4-6(5-12)10(14)15/h6-8H,1-5,11H2,(H,14,15). The molecule has 0 aliphatic carbocycles. The quantitative estimate of drug-likeness (QED) is 0.648. The molecule has 0 bridgehead atoms. The third-order valence-corrected chi connectivity index (χ3v) is 3.19. The molecular weight excluding hydrogens is 212 g/mol. The first-order chi connectivity index (χ1) is 7.61. The number of aliphatic carboxylic acids is 1. The van der Waals surface area contributed by atoms with Crippen molar-refractivity contribution in [3.05, 3.63) is 0 Å². The molecule has 0 radical (unpaired) electrons.